The number of nitriles is 1. The van der Waals surface area contributed by atoms with Gasteiger partial charge < -0.3 is 10.2 Å². The summed E-state index contributed by atoms with van der Waals surface area (Å²) < 4.78 is 0. The molecule has 0 radical (unpaired) electrons. The van der Waals surface area contributed by atoms with Crippen molar-refractivity contribution in [2.45, 2.75) is 69.5 Å². The highest BCUT2D eigenvalue weighted by molar-refractivity contribution is 6.10. The molecule has 6 heteroatoms. The maximum absolute atomic E-state index is 13.3. The van der Waals surface area contributed by atoms with Crippen LogP contribution in [-0.2, 0) is 9.59 Å². The van der Waals surface area contributed by atoms with Gasteiger partial charge in [0.15, 0.2) is 5.54 Å². The van der Waals surface area contributed by atoms with Crippen LogP contribution in [0.1, 0.15) is 51.9 Å². The maximum atomic E-state index is 13.3. The molecule has 0 aromatic heterocycles. The van der Waals surface area contributed by atoms with Gasteiger partial charge in [-0.15, -0.1) is 0 Å². The molecule has 0 aromatic carbocycles. The first-order valence-electron chi connectivity index (χ1n) is 8.89. The molecule has 0 bridgehead atoms. The van der Waals surface area contributed by atoms with E-state index in [1.807, 2.05) is 6.92 Å². The van der Waals surface area contributed by atoms with E-state index < -0.39 is 11.6 Å². The van der Waals surface area contributed by atoms with Gasteiger partial charge in [-0.3, -0.25) is 14.9 Å². The lowest BCUT2D eigenvalue weighted by molar-refractivity contribution is -0.145. The Balaban J connectivity index is 1.88. The van der Waals surface area contributed by atoms with Crippen LogP contribution >= 0.6 is 0 Å². The molecule has 126 valence electrons. The van der Waals surface area contributed by atoms with Gasteiger partial charge in [0.1, 0.15) is 6.04 Å². The molecular formula is C17H26N4O2. The fourth-order valence-electron chi connectivity index (χ4n) is 4.52. The molecule has 2 aliphatic heterocycles. The summed E-state index contributed by atoms with van der Waals surface area (Å²) in [7, 11) is 0. The first-order valence-corrected chi connectivity index (χ1v) is 8.89. The van der Waals surface area contributed by atoms with Crippen molar-refractivity contribution >= 4 is 11.8 Å². The van der Waals surface area contributed by atoms with Gasteiger partial charge in [-0.2, -0.15) is 5.26 Å². The highest BCUT2D eigenvalue weighted by Gasteiger charge is 2.57. The molecule has 2 N–H and O–H groups in total. The van der Waals surface area contributed by atoms with Crippen LogP contribution in [-0.4, -0.2) is 47.4 Å². The summed E-state index contributed by atoms with van der Waals surface area (Å²) in [6, 6.07) is 2.07. The maximum Gasteiger partial charge on any atom is 0.253 e. The highest BCUT2D eigenvalue weighted by Crippen LogP contribution is 2.40. The number of carbonyl (C=O) groups excluding carboxylic acids is 2. The molecule has 2 amide bonds. The number of fused-ring (bicyclic) bond motifs is 1. The number of hydrogen-bond donors (Lipinski definition) is 2. The van der Waals surface area contributed by atoms with Crippen LogP contribution in [0.4, 0.5) is 0 Å². The first-order chi connectivity index (χ1) is 11.1. The third-order valence-electron chi connectivity index (χ3n) is 5.66. The molecule has 0 aromatic rings. The summed E-state index contributed by atoms with van der Waals surface area (Å²) in [6.45, 7) is 2.95. The Hall–Kier alpha value is -1.61. The summed E-state index contributed by atoms with van der Waals surface area (Å²) in [5.41, 5.74) is -1.17. The second kappa shape index (κ2) is 6.48. The monoisotopic (exact) mass is 318 g/mol. The Morgan fingerprint density at radius 3 is 2.78 bits per heavy atom. The number of nitrogens with one attached hydrogen (secondary N) is 2. The Morgan fingerprint density at radius 1 is 1.30 bits per heavy atom. The zero-order valence-corrected chi connectivity index (χ0v) is 13.8. The van der Waals surface area contributed by atoms with E-state index in [1.165, 1.54) is 6.42 Å². The molecule has 3 rings (SSSR count). The number of likely N-dealkylation sites (N-methyl/N-ethyl adjacent to an activating group) is 1. The van der Waals surface area contributed by atoms with E-state index in [1.54, 1.807) is 4.90 Å². The van der Waals surface area contributed by atoms with Gasteiger partial charge in [-0.05, 0) is 44.9 Å². The molecule has 2 unspecified atom stereocenters. The molecule has 2 saturated heterocycles. The van der Waals surface area contributed by atoms with Crippen molar-refractivity contribution in [3.8, 4) is 6.07 Å². The normalized spacial score (nSPS) is 36.3. The standard InChI is InChI=1S/C17H26N4O2/c1-2-19-15(22)17(10-12-6-3-4-8-14(12)20-17)16(23)21-9-5-7-13(21)11-18/h12-14,20H,2-10H2,1H3,(H,19,22)/t12?,13-,14?,17-/m0/s1. The Labute approximate surface area is 137 Å². The van der Waals surface area contributed by atoms with E-state index in [9.17, 15) is 14.9 Å². The van der Waals surface area contributed by atoms with Crippen LogP contribution < -0.4 is 10.6 Å². The number of likely N-dealkylation sites (tertiary alicyclic amines) is 1. The lowest BCUT2D eigenvalue weighted by Crippen LogP contribution is -2.64. The van der Waals surface area contributed by atoms with Gasteiger partial charge in [-0.25, -0.2) is 0 Å². The number of nitrogens with zero attached hydrogens (tertiary/aromatic N) is 2. The van der Waals surface area contributed by atoms with Crippen LogP contribution in [0.5, 0.6) is 0 Å². The van der Waals surface area contributed by atoms with Crippen molar-refractivity contribution in [2.75, 3.05) is 13.1 Å². The van der Waals surface area contributed by atoms with Gasteiger partial charge >= 0.3 is 0 Å². The second-order valence-electron chi connectivity index (χ2n) is 7.05. The zero-order chi connectivity index (χ0) is 16.4. The van der Waals surface area contributed by atoms with E-state index in [4.69, 9.17) is 0 Å². The molecule has 2 heterocycles. The third-order valence-corrected chi connectivity index (χ3v) is 5.66. The smallest absolute Gasteiger partial charge is 0.253 e. The van der Waals surface area contributed by atoms with Gasteiger partial charge in [0, 0.05) is 19.1 Å². The van der Waals surface area contributed by atoms with Crippen LogP contribution in [0.25, 0.3) is 0 Å². The van der Waals surface area contributed by atoms with Gasteiger partial charge in [0.05, 0.1) is 6.07 Å². The largest absolute Gasteiger partial charge is 0.354 e. The summed E-state index contributed by atoms with van der Waals surface area (Å²) in [6.07, 6.45) is 6.54. The molecule has 3 aliphatic rings. The molecular weight excluding hydrogens is 292 g/mol. The molecule has 1 aliphatic carbocycles. The van der Waals surface area contributed by atoms with Crippen molar-refractivity contribution in [1.29, 1.82) is 5.26 Å². The minimum atomic E-state index is -1.17. The van der Waals surface area contributed by atoms with Crippen LogP contribution in [0.2, 0.25) is 0 Å². The minimum absolute atomic E-state index is 0.193. The highest BCUT2D eigenvalue weighted by atomic mass is 16.2. The van der Waals surface area contributed by atoms with Gasteiger partial charge in [0.25, 0.3) is 5.91 Å². The van der Waals surface area contributed by atoms with Crippen LogP contribution in [0.3, 0.4) is 0 Å². The summed E-state index contributed by atoms with van der Waals surface area (Å²) >= 11 is 0. The van der Waals surface area contributed by atoms with Crippen molar-refractivity contribution in [3.05, 3.63) is 0 Å². The average molecular weight is 318 g/mol. The minimum Gasteiger partial charge on any atom is -0.354 e. The Morgan fingerprint density at radius 2 is 2.09 bits per heavy atom. The fourth-order valence-corrected chi connectivity index (χ4v) is 4.52. The molecule has 3 fully saturated rings. The summed E-state index contributed by atoms with van der Waals surface area (Å²) in [4.78, 5) is 27.7. The molecule has 6 nitrogen and oxygen atoms in total. The molecule has 1 saturated carbocycles. The van der Waals surface area contributed by atoms with Crippen LogP contribution in [0.15, 0.2) is 0 Å². The quantitative estimate of drug-likeness (QED) is 0.758. The summed E-state index contributed by atoms with van der Waals surface area (Å²) in [5, 5.41) is 15.5. The van der Waals surface area contributed by atoms with E-state index >= 15 is 0 Å². The van der Waals surface area contributed by atoms with Crippen LogP contribution in [0, 0.1) is 17.2 Å². The molecule has 0 spiro atoms. The van der Waals surface area contributed by atoms with Gasteiger partial charge in [-0.1, -0.05) is 12.8 Å². The predicted molar refractivity (Wildman–Crippen MR) is 85.3 cm³/mol. The van der Waals surface area contributed by atoms with Crippen molar-refractivity contribution in [2.24, 2.45) is 5.92 Å². The number of amides is 2. The van der Waals surface area contributed by atoms with Crippen molar-refractivity contribution < 1.29 is 9.59 Å². The fraction of sp³-hybridized carbons (Fsp3) is 0.824. The lowest BCUT2D eigenvalue weighted by Gasteiger charge is -2.33. The molecule has 23 heavy (non-hydrogen) atoms. The summed E-state index contributed by atoms with van der Waals surface area (Å²) in [5.74, 6) is -0.0247. The third kappa shape index (κ3) is 2.72. The van der Waals surface area contributed by atoms with Crippen molar-refractivity contribution in [1.82, 2.24) is 15.5 Å². The number of rotatable bonds is 3. The molecule has 4 atom stereocenters. The first kappa shape index (κ1) is 16.3. The second-order valence-corrected chi connectivity index (χ2v) is 7.05. The van der Waals surface area contributed by atoms with Gasteiger partial charge in [0.2, 0.25) is 5.91 Å². The van der Waals surface area contributed by atoms with E-state index in [2.05, 4.69) is 16.7 Å². The SMILES string of the molecule is CCNC(=O)[C@]1(C(=O)N2CCC[C@H]2C#N)CC2CCCCC2N1. The van der Waals surface area contributed by atoms with E-state index in [0.717, 1.165) is 25.7 Å². The predicted octanol–water partition coefficient (Wildman–Crippen LogP) is 0.928. The number of carbonyl (C=O) groups is 2. The topological polar surface area (TPSA) is 85.2 Å². The van der Waals surface area contributed by atoms with E-state index in [-0.39, 0.29) is 17.9 Å². The lowest BCUT2D eigenvalue weighted by atomic mass is 9.82. The Bertz CT molecular complexity index is 513. The van der Waals surface area contributed by atoms with E-state index in [0.29, 0.717) is 31.8 Å². The zero-order valence-electron chi connectivity index (χ0n) is 13.8. The average Bonchev–Trinajstić information content (AvgIpc) is 3.19. The number of hydrogen-bond acceptors (Lipinski definition) is 4. The van der Waals surface area contributed by atoms with Crippen molar-refractivity contribution in [3.63, 3.8) is 0 Å². The Kier molecular flexibility index (Phi) is 4.58.